The van der Waals surface area contributed by atoms with Crippen molar-refractivity contribution in [1.29, 1.82) is 0 Å². The smallest absolute Gasteiger partial charge is 0.230 e. The van der Waals surface area contributed by atoms with Crippen molar-refractivity contribution in [2.24, 2.45) is 23.2 Å². The third-order valence-corrected chi connectivity index (χ3v) is 8.82. The number of nitrogens with zero attached hydrogens (tertiary/aromatic N) is 3. The molecule has 1 aromatic rings. The molecule has 5 saturated carbocycles. The van der Waals surface area contributed by atoms with Crippen molar-refractivity contribution in [2.75, 3.05) is 5.75 Å². The summed E-state index contributed by atoms with van der Waals surface area (Å²) in [6.45, 7) is 4.67. The van der Waals surface area contributed by atoms with Crippen LogP contribution in [0.15, 0.2) is 17.8 Å². The van der Waals surface area contributed by atoms with Gasteiger partial charge in [-0.25, -0.2) is 0 Å². The normalized spacial score (nSPS) is 33.3. The molecule has 6 heteroatoms. The summed E-state index contributed by atoms with van der Waals surface area (Å²) in [6, 6.07) is 0.376. The Morgan fingerprint density at radius 1 is 1.14 bits per heavy atom. The Morgan fingerprint density at radius 2 is 1.79 bits per heavy atom. The average Bonchev–Trinajstić information content (AvgIpc) is 3.30. The van der Waals surface area contributed by atoms with E-state index in [0.29, 0.717) is 17.2 Å². The van der Waals surface area contributed by atoms with Crippen molar-refractivity contribution in [1.82, 2.24) is 20.1 Å². The van der Waals surface area contributed by atoms with E-state index in [1.54, 1.807) is 0 Å². The molecule has 158 valence electrons. The molecular formula is C23H34N4OS. The van der Waals surface area contributed by atoms with Gasteiger partial charge in [0.25, 0.3) is 0 Å². The third-order valence-electron chi connectivity index (χ3n) is 7.86. The molecule has 29 heavy (non-hydrogen) atoms. The molecule has 0 saturated heterocycles. The molecule has 0 unspecified atom stereocenters. The number of nitrogens with one attached hydrogen (secondary N) is 1. The predicted molar refractivity (Wildman–Crippen MR) is 116 cm³/mol. The molecule has 5 aliphatic carbocycles. The molecule has 1 N–H and O–H groups in total. The minimum absolute atomic E-state index is 0.123. The molecule has 0 aromatic carbocycles. The van der Waals surface area contributed by atoms with Gasteiger partial charge in [0, 0.05) is 19.0 Å². The van der Waals surface area contributed by atoms with Gasteiger partial charge in [0.15, 0.2) is 5.16 Å². The molecule has 5 aliphatic rings. The zero-order chi connectivity index (χ0) is 19.8. The van der Waals surface area contributed by atoms with E-state index >= 15 is 0 Å². The van der Waals surface area contributed by atoms with Gasteiger partial charge in [-0.2, -0.15) is 0 Å². The van der Waals surface area contributed by atoms with Crippen LogP contribution in [0, 0.1) is 23.2 Å². The van der Waals surface area contributed by atoms with Crippen molar-refractivity contribution in [3.63, 3.8) is 0 Å². The van der Waals surface area contributed by atoms with Gasteiger partial charge in [-0.1, -0.05) is 30.7 Å². The molecular weight excluding hydrogens is 380 g/mol. The van der Waals surface area contributed by atoms with Crippen molar-refractivity contribution < 1.29 is 4.79 Å². The summed E-state index contributed by atoms with van der Waals surface area (Å²) in [5, 5.41) is 13.1. The van der Waals surface area contributed by atoms with Crippen LogP contribution in [0.3, 0.4) is 0 Å². The number of carbonyl (C=O) groups is 1. The fourth-order valence-electron chi connectivity index (χ4n) is 7.18. The number of rotatable bonds is 8. The molecule has 0 spiro atoms. The first-order valence-electron chi connectivity index (χ1n) is 11.6. The van der Waals surface area contributed by atoms with Crippen LogP contribution in [0.1, 0.15) is 70.0 Å². The molecule has 1 aromatic heterocycles. The number of amides is 1. The van der Waals surface area contributed by atoms with Crippen LogP contribution in [0.25, 0.3) is 0 Å². The zero-order valence-corrected chi connectivity index (χ0v) is 18.3. The van der Waals surface area contributed by atoms with Gasteiger partial charge in [-0.15, -0.1) is 16.8 Å². The molecule has 6 rings (SSSR count). The van der Waals surface area contributed by atoms with Gasteiger partial charge in [0.2, 0.25) is 5.91 Å². The molecule has 1 heterocycles. The Bertz CT molecular complexity index is 732. The number of aromatic nitrogens is 3. The van der Waals surface area contributed by atoms with E-state index in [1.807, 2.05) is 6.08 Å². The van der Waals surface area contributed by atoms with Crippen molar-refractivity contribution >= 4 is 17.7 Å². The van der Waals surface area contributed by atoms with Crippen LogP contribution in [-0.2, 0) is 17.8 Å². The number of hydrogen-bond acceptors (Lipinski definition) is 4. The Hall–Kier alpha value is -1.30. The molecule has 0 aliphatic heterocycles. The lowest BCUT2D eigenvalue weighted by Gasteiger charge is -2.56. The monoisotopic (exact) mass is 414 g/mol. The van der Waals surface area contributed by atoms with Crippen molar-refractivity contribution in [3.05, 3.63) is 18.5 Å². The fraction of sp³-hybridized carbons (Fsp3) is 0.783. The quantitative estimate of drug-likeness (QED) is 0.507. The van der Waals surface area contributed by atoms with E-state index in [-0.39, 0.29) is 5.91 Å². The SMILES string of the molecule is C=CCn1c(CC23CC4CC(CC(C4)C2)C3)nnc1SCC(=O)NC1CCCC1. The lowest BCUT2D eigenvalue weighted by Crippen LogP contribution is -2.47. The lowest BCUT2D eigenvalue weighted by atomic mass is 9.49. The van der Waals surface area contributed by atoms with Gasteiger partial charge < -0.3 is 9.88 Å². The predicted octanol–water partition coefficient (Wildman–Crippen LogP) is 4.37. The summed E-state index contributed by atoms with van der Waals surface area (Å²) in [6.07, 6.45) is 16.2. The second-order valence-electron chi connectivity index (χ2n) is 10.2. The first kappa shape index (κ1) is 19.7. The third kappa shape index (κ3) is 4.14. The van der Waals surface area contributed by atoms with Crippen LogP contribution >= 0.6 is 11.8 Å². The first-order valence-corrected chi connectivity index (χ1v) is 12.6. The molecule has 5 nitrogen and oxygen atoms in total. The highest BCUT2D eigenvalue weighted by Gasteiger charge is 2.51. The fourth-order valence-corrected chi connectivity index (χ4v) is 7.96. The van der Waals surface area contributed by atoms with E-state index in [4.69, 9.17) is 0 Å². The van der Waals surface area contributed by atoms with E-state index in [9.17, 15) is 4.79 Å². The van der Waals surface area contributed by atoms with Gasteiger partial charge in [-0.3, -0.25) is 4.79 Å². The topological polar surface area (TPSA) is 59.8 Å². The maximum atomic E-state index is 12.3. The second-order valence-corrected chi connectivity index (χ2v) is 11.2. The Morgan fingerprint density at radius 3 is 2.41 bits per heavy atom. The van der Waals surface area contributed by atoms with Crippen molar-refractivity contribution in [3.8, 4) is 0 Å². The van der Waals surface area contributed by atoms with E-state index < -0.39 is 0 Å². The first-order chi connectivity index (χ1) is 14.1. The summed E-state index contributed by atoms with van der Waals surface area (Å²) >= 11 is 1.52. The molecule has 4 bridgehead atoms. The Kier molecular flexibility index (Phi) is 5.48. The summed E-state index contributed by atoms with van der Waals surface area (Å²) in [5.74, 6) is 4.49. The molecule has 0 radical (unpaired) electrons. The standard InChI is InChI=1S/C23H34N4OS/c1-2-7-27-20(14-23-11-16-8-17(12-23)10-18(9-16)13-23)25-26-22(27)29-15-21(28)24-19-5-3-4-6-19/h2,16-19H,1,3-15H2,(H,24,28). The van der Waals surface area contributed by atoms with Crippen molar-refractivity contribution in [2.45, 2.75) is 88.4 Å². The summed E-state index contributed by atoms with van der Waals surface area (Å²) in [5.41, 5.74) is 0.447. The van der Waals surface area contributed by atoms with E-state index in [1.165, 1.54) is 63.1 Å². The molecule has 0 atom stereocenters. The van der Waals surface area contributed by atoms with Crippen LogP contribution in [0.4, 0.5) is 0 Å². The molecule has 1 amide bonds. The van der Waals surface area contributed by atoms with Crippen LogP contribution < -0.4 is 5.32 Å². The summed E-state index contributed by atoms with van der Waals surface area (Å²) in [4.78, 5) is 12.3. The Balaban J connectivity index is 1.25. The highest BCUT2D eigenvalue weighted by molar-refractivity contribution is 7.99. The highest BCUT2D eigenvalue weighted by atomic mass is 32.2. The minimum Gasteiger partial charge on any atom is -0.353 e. The van der Waals surface area contributed by atoms with E-state index in [2.05, 4.69) is 26.7 Å². The minimum atomic E-state index is 0.123. The second kappa shape index (κ2) is 8.09. The zero-order valence-electron chi connectivity index (χ0n) is 17.4. The Labute approximate surface area is 178 Å². The van der Waals surface area contributed by atoms with Crippen LogP contribution in [-0.4, -0.2) is 32.5 Å². The number of thioether (sulfide) groups is 1. The molecule has 5 fully saturated rings. The summed E-state index contributed by atoms with van der Waals surface area (Å²) in [7, 11) is 0. The average molecular weight is 415 g/mol. The van der Waals surface area contributed by atoms with E-state index in [0.717, 1.165) is 54.5 Å². The van der Waals surface area contributed by atoms with Crippen LogP contribution in [0.2, 0.25) is 0 Å². The number of allylic oxidation sites excluding steroid dienone is 1. The maximum absolute atomic E-state index is 12.3. The largest absolute Gasteiger partial charge is 0.353 e. The highest BCUT2D eigenvalue weighted by Crippen LogP contribution is 2.61. The van der Waals surface area contributed by atoms with Gasteiger partial charge >= 0.3 is 0 Å². The number of hydrogen-bond donors (Lipinski definition) is 1. The van der Waals surface area contributed by atoms with Gasteiger partial charge in [-0.05, 0) is 74.5 Å². The maximum Gasteiger partial charge on any atom is 0.230 e. The lowest BCUT2D eigenvalue weighted by molar-refractivity contribution is -0.119. The number of carbonyl (C=O) groups excluding carboxylic acids is 1. The summed E-state index contributed by atoms with van der Waals surface area (Å²) < 4.78 is 2.21. The van der Waals surface area contributed by atoms with Gasteiger partial charge in [0.05, 0.1) is 5.75 Å². The van der Waals surface area contributed by atoms with Crippen LogP contribution in [0.5, 0.6) is 0 Å². The van der Waals surface area contributed by atoms with Gasteiger partial charge in [0.1, 0.15) is 5.82 Å².